The lowest BCUT2D eigenvalue weighted by atomic mass is 10.1. The van der Waals surface area contributed by atoms with E-state index in [9.17, 15) is 0 Å². The van der Waals surface area contributed by atoms with Crippen LogP contribution in [0.15, 0.2) is 61.4 Å². The normalized spacial score (nSPS) is 11.3. The summed E-state index contributed by atoms with van der Waals surface area (Å²) >= 11 is 0. The van der Waals surface area contributed by atoms with Crippen LogP contribution >= 0.6 is 0 Å². The van der Waals surface area contributed by atoms with E-state index in [0.717, 1.165) is 22.5 Å². The van der Waals surface area contributed by atoms with Crippen LogP contribution in [0.25, 0.3) is 24.3 Å². The molecule has 3 aromatic rings. The maximum Gasteiger partial charge on any atom is 0.0813 e. The van der Waals surface area contributed by atoms with Gasteiger partial charge in [0.15, 0.2) is 0 Å². The average Bonchev–Trinajstić information content (AvgIpc) is 2.61. The molecule has 0 bridgehead atoms. The fourth-order valence-electron chi connectivity index (χ4n) is 1.87. The van der Waals surface area contributed by atoms with Crippen LogP contribution in [-0.2, 0) is 0 Å². The van der Waals surface area contributed by atoms with Crippen LogP contribution in [0.1, 0.15) is 22.5 Å². The Bertz CT molecular complexity index is 695. The van der Waals surface area contributed by atoms with Crippen molar-refractivity contribution in [2.24, 2.45) is 0 Å². The molecule has 0 saturated heterocycles. The van der Waals surface area contributed by atoms with Gasteiger partial charge in [0.05, 0.1) is 23.8 Å². The molecular formula is C18H14N4. The zero-order valence-electron chi connectivity index (χ0n) is 11.9. The van der Waals surface area contributed by atoms with Crippen LogP contribution in [0.2, 0.25) is 0 Å². The molecule has 0 unspecified atom stereocenters. The summed E-state index contributed by atoms with van der Waals surface area (Å²) in [5, 5.41) is 0. The van der Waals surface area contributed by atoms with Gasteiger partial charge in [-0.05, 0) is 23.3 Å². The van der Waals surface area contributed by atoms with Crippen molar-refractivity contribution >= 4 is 24.3 Å². The van der Waals surface area contributed by atoms with Crippen LogP contribution in [0.5, 0.6) is 0 Å². The number of nitrogens with zero attached hydrogens (tertiary/aromatic N) is 4. The molecule has 3 rings (SSSR count). The third-order valence-electron chi connectivity index (χ3n) is 3.00. The summed E-state index contributed by atoms with van der Waals surface area (Å²) in [5.74, 6) is 0. The number of benzene rings is 1. The van der Waals surface area contributed by atoms with Gasteiger partial charge in [0.25, 0.3) is 0 Å². The minimum atomic E-state index is 0.842. The first-order chi connectivity index (χ1) is 10.9. The van der Waals surface area contributed by atoms with E-state index in [0.29, 0.717) is 0 Å². The van der Waals surface area contributed by atoms with Gasteiger partial charge in [0.2, 0.25) is 0 Å². The minimum absolute atomic E-state index is 0.842. The Kier molecular flexibility index (Phi) is 4.42. The van der Waals surface area contributed by atoms with E-state index < -0.39 is 0 Å². The molecule has 0 amide bonds. The first-order valence-corrected chi connectivity index (χ1v) is 6.88. The van der Waals surface area contributed by atoms with Gasteiger partial charge in [-0.3, -0.25) is 19.9 Å². The van der Waals surface area contributed by atoms with Gasteiger partial charge in [0.1, 0.15) is 0 Å². The van der Waals surface area contributed by atoms with Gasteiger partial charge >= 0.3 is 0 Å². The van der Waals surface area contributed by atoms with E-state index in [2.05, 4.69) is 44.2 Å². The van der Waals surface area contributed by atoms with Crippen molar-refractivity contribution in [1.82, 2.24) is 19.9 Å². The fraction of sp³-hybridized carbons (Fsp3) is 0. The molecule has 0 atom stereocenters. The van der Waals surface area contributed by atoms with E-state index in [1.807, 2.05) is 24.3 Å². The molecule has 4 nitrogen and oxygen atoms in total. The maximum atomic E-state index is 4.20. The number of rotatable bonds is 4. The summed E-state index contributed by atoms with van der Waals surface area (Å²) in [7, 11) is 0. The maximum absolute atomic E-state index is 4.20. The van der Waals surface area contributed by atoms with Crippen LogP contribution in [0.3, 0.4) is 0 Å². The van der Waals surface area contributed by atoms with E-state index in [-0.39, 0.29) is 0 Å². The predicted molar refractivity (Wildman–Crippen MR) is 88.4 cm³/mol. The second-order valence-electron chi connectivity index (χ2n) is 4.59. The molecule has 0 aliphatic rings. The molecule has 0 radical (unpaired) electrons. The topological polar surface area (TPSA) is 51.6 Å². The Morgan fingerprint density at radius 1 is 0.545 bits per heavy atom. The molecule has 106 valence electrons. The van der Waals surface area contributed by atoms with E-state index in [1.54, 1.807) is 37.2 Å². The van der Waals surface area contributed by atoms with Gasteiger partial charge < -0.3 is 0 Å². The zero-order valence-corrected chi connectivity index (χ0v) is 11.9. The predicted octanol–water partition coefficient (Wildman–Crippen LogP) is 3.61. The highest BCUT2D eigenvalue weighted by molar-refractivity contribution is 5.71. The lowest BCUT2D eigenvalue weighted by Crippen LogP contribution is -1.81. The Hall–Kier alpha value is -3.14. The first-order valence-electron chi connectivity index (χ1n) is 6.88. The summed E-state index contributed by atoms with van der Waals surface area (Å²) in [6, 6.07) is 8.23. The van der Waals surface area contributed by atoms with E-state index >= 15 is 0 Å². The van der Waals surface area contributed by atoms with Gasteiger partial charge in [-0.25, -0.2) is 0 Å². The van der Waals surface area contributed by atoms with Gasteiger partial charge in [-0.2, -0.15) is 0 Å². The second kappa shape index (κ2) is 7.04. The van der Waals surface area contributed by atoms with Crippen molar-refractivity contribution in [3.8, 4) is 0 Å². The van der Waals surface area contributed by atoms with Crippen molar-refractivity contribution in [2.45, 2.75) is 0 Å². The molecule has 22 heavy (non-hydrogen) atoms. The average molecular weight is 286 g/mol. The summed E-state index contributed by atoms with van der Waals surface area (Å²) in [4.78, 5) is 16.5. The van der Waals surface area contributed by atoms with Crippen molar-refractivity contribution in [2.75, 3.05) is 0 Å². The monoisotopic (exact) mass is 286 g/mol. The first kappa shape index (κ1) is 13.8. The standard InChI is InChI=1S/C18H14N4/c1-2-16(6-8-18-14-20-10-12-22-18)4-3-15(1)5-7-17-13-19-9-11-21-17/h1-14H. The lowest BCUT2D eigenvalue weighted by Gasteiger charge is -1.96. The largest absolute Gasteiger partial charge is 0.261 e. The third kappa shape index (κ3) is 3.93. The van der Waals surface area contributed by atoms with Crippen molar-refractivity contribution in [1.29, 1.82) is 0 Å². The van der Waals surface area contributed by atoms with E-state index in [1.165, 1.54) is 0 Å². The summed E-state index contributed by atoms with van der Waals surface area (Å²) in [5.41, 5.74) is 3.91. The molecule has 0 aliphatic heterocycles. The smallest absolute Gasteiger partial charge is 0.0813 e. The Balaban J connectivity index is 1.68. The van der Waals surface area contributed by atoms with Crippen LogP contribution in [0.4, 0.5) is 0 Å². The SMILES string of the molecule is C(=Cc1cnccn1)c1ccc(C=Cc2cnccn2)cc1. The molecule has 0 N–H and O–H groups in total. The third-order valence-corrected chi connectivity index (χ3v) is 3.00. The molecule has 0 fully saturated rings. The molecule has 0 aliphatic carbocycles. The molecule has 0 spiro atoms. The van der Waals surface area contributed by atoms with Gasteiger partial charge in [0, 0.05) is 24.8 Å². The molecule has 0 saturated carbocycles. The number of hydrogen-bond acceptors (Lipinski definition) is 4. The number of aromatic nitrogens is 4. The molecule has 1 aromatic carbocycles. The molecule has 2 aromatic heterocycles. The van der Waals surface area contributed by atoms with Gasteiger partial charge in [-0.15, -0.1) is 0 Å². The zero-order chi connectivity index (χ0) is 15.0. The highest BCUT2D eigenvalue weighted by atomic mass is 14.8. The van der Waals surface area contributed by atoms with Crippen molar-refractivity contribution in [3.63, 3.8) is 0 Å². The number of hydrogen-bond donors (Lipinski definition) is 0. The quantitative estimate of drug-likeness (QED) is 0.735. The fourth-order valence-corrected chi connectivity index (χ4v) is 1.87. The summed E-state index contributed by atoms with van der Waals surface area (Å²) in [6.07, 6.45) is 18.1. The molecule has 2 heterocycles. The Labute approximate surface area is 129 Å². The summed E-state index contributed by atoms with van der Waals surface area (Å²) < 4.78 is 0. The Morgan fingerprint density at radius 3 is 1.36 bits per heavy atom. The van der Waals surface area contributed by atoms with Crippen molar-refractivity contribution < 1.29 is 0 Å². The highest BCUT2D eigenvalue weighted by Crippen LogP contribution is 2.10. The second-order valence-corrected chi connectivity index (χ2v) is 4.59. The van der Waals surface area contributed by atoms with Crippen LogP contribution < -0.4 is 0 Å². The summed E-state index contributed by atoms with van der Waals surface area (Å²) in [6.45, 7) is 0. The highest BCUT2D eigenvalue weighted by Gasteiger charge is 1.91. The molecular weight excluding hydrogens is 272 g/mol. The van der Waals surface area contributed by atoms with Crippen LogP contribution in [0, 0.1) is 0 Å². The minimum Gasteiger partial charge on any atom is -0.261 e. The van der Waals surface area contributed by atoms with Crippen molar-refractivity contribution in [3.05, 3.63) is 84.0 Å². The molecule has 4 heteroatoms. The Morgan fingerprint density at radius 2 is 1.00 bits per heavy atom. The van der Waals surface area contributed by atoms with Crippen LogP contribution in [-0.4, -0.2) is 19.9 Å². The van der Waals surface area contributed by atoms with E-state index in [4.69, 9.17) is 0 Å². The lowest BCUT2D eigenvalue weighted by molar-refractivity contribution is 1.18. The van der Waals surface area contributed by atoms with Gasteiger partial charge in [-0.1, -0.05) is 36.4 Å².